The van der Waals surface area contributed by atoms with Gasteiger partial charge in [-0.05, 0) is 43.9 Å². The Morgan fingerprint density at radius 3 is 2.48 bits per heavy atom. The van der Waals surface area contributed by atoms with E-state index in [-0.39, 0.29) is 0 Å². The molecule has 5 heterocycles. The second-order valence-electron chi connectivity index (χ2n) is 8.75. The molecular formula is C22H25N9. The summed E-state index contributed by atoms with van der Waals surface area (Å²) in [7, 11) is 4.00. The van der Waals surface area contributed by atoms with Gasteiger partial charge in [-0.1, -0.05) is 11.3 Å². The van der Waals surface area contributed by atoms with Crippen molar-refractivity contribution in [2.45, 2.75) is 43.8 Å². The summed E-state index contributed by atoms with van der Waals surface area (Å²) in [6, 6.07) is 10.0. The Morgan fingerprint density at radius 1 is 0.968 bits per heavy atom. The molecule has 0 aliphatic carbocycles. The maximum atomic E-state index is 4.57. The van der Waals surface area contributed by atoms with Gasteiger partial charge in [0.25, 0.3) is 0 Å². The Morgan fingerprint density at radius 2 is 1.77 bits per heavy atom. The topological polar surface area (TPSA) is 100 Å². The highest BCUT2D eigenvalue weighted by atomic mass is 15.4. The van der Waals surface area contributed by atoms with Crippen molar-refractivity contribution in [2.75, 3.05) is 11.9 Å². The minimum atomic E-state index is 0.518. The number of nitrogens with one attached hydrogen (secondary N) is 2. The molecule has 2 aliphatic heterocycles. The zero-order valence-corrected chi connectivity index (χ0v) is 17.7. The fourth-order valence-electron chi connectivity index (χ4n) is 5.13. The lowest BCUT2D eigenvalue weighted by Crippen LogP contribution is -2.47. The standard InChI is InChI=1S/C22H25N9/c1-30-12-20(26-29-30)16-5-6-17(22-18(16)11-23-28-22)19-7-8-21(27-25-19)31(2)15-9-13-3-4-14(10-15)24-13/h5-8,11-15,24H,3-4,9-10H2,1-2H3,(H,23,28)/t13-,14+,15-. The highest BCUT2D eigenvalue weighted by Crippen LogP contribution is 2.34. The highest BCUT2D eigenvalue weighted by Gasteiger charge is 2.35. The minimum Gasteiger partial charge on any atom is -0.355 e. The van der Waals surface area contributed by atoms with E-state index in [4.69, 9.17) is 0 Å². The molecule has 0 unspecified atom stereocenters. The number of benzene rings is 1. The Hall–Kier alpha value is -3.33. The van der Waals surface area contributed by atoms with Crippen LogP contribution in [0.5, 0.6) is 0 Å². The Bertz CT molecular complexity index is 1210. The molecular weight excluding hydrogens is 390 g/mol. The number of H-pyrrole nitrogens is 1. The molecule has 0 saturated carbocycles. The first kappa shape index (κ1) is 18.4. The van der Waals surface area contributed by atoms with E-state index in [0.717, 1.165) is 39.2 Å². The van der Waals surface area contributed by atoms with Crippen LogP contribution in [-0.2, 0) is 7.05 Å². The number of aromatic nitrogens is 7. The first-order valence-electron chi connectivity index (χ1n) is 10.8. The summed E-state index contributed by atoms with van der Waals surface area (Å²) in [6.45, 7) is 0. The van der Waals surface area contributed by atoms with Crippen molar-refractivity contribution in [3.8, 4) is 22.5 Å². The predicted molar refractivity (Wildman–Crippen MR) is 118 cm³/mol. The average Bonchev–Trinajstić information content (AvgIpc) is 3.53. The molecule has 2 bridgehead atoms. The van der Waals surface area contributed by atoms with Gasteiger partial charge in [0.15, 0.2) is 5.82 Å². The number of aromatic amines is 1. The van der Waals surface area contributed by atoms with Gasteiger partial charge in [0.05, 0.1) is 23.6 Å². The molecule has 1 aromatic carbocycles. The third kappa shape index (κ3) is 3.16. The van der Waals surface area contributed by atoms with Gasteiger partial charge in [-0.2, -0.15) is 5.10 Å². The average molecular weight is 416 g/mol. The van der Waals surface area contributed by atoms with E-state index in [2.05, 4.69) is 54.0 Å². The van der Waals surface area contributed by atoms with Crippen molar-refractivity contribution in [1.82, 2.24) is 40.7 Å². The molecule has 31 heavy (non-hydrogen) atoms. The molecule has 2 fully saturated rings. The lowest BCUT2D eigenvalue weighted by Gasteiger charge is -2.36. The van der Waals surface area contributed by atoms with Crippen molar-refractivity contribution >= 4 is 16.7 Å². The second-order valence-corrected chi connectivity index (χ2v) is 8.75. The second kappa shape index (κ2) is 7.12. The molecule has 9 nitrogen and oxygen atoms in total. The van der Waals surface area contributed by atoms with Crippen LogP contribution < -0.4 is 10.2 Å². The number of fused-ring (bicyclic) bond motifs is 3. The normalized spacial score (nSPS) is 22.8. The molecule has 158 valence electrons. The van der Waals surface area contributed by atoms with Crippen LogP contribution in [-0.4, -0.2) is 60.6 Å². The van der Waals surface area contributed by atoms with Crippen LogP contribution in [0, 0.1) is 0 Å². The Labute approximate surface area is 179 Å². The van der Waals surface area contributed by atoms with Crippen LogP contribution in [0.15, 0.2) is 36.7 Å². The quantitative estimate of drug-likeness (QED) is 0.528. The molecule has 0 amide bonds. The summed E-state index contributed by atoms with van der Waals surface area (Å²) in [4.78, 5) is 2.30. The monoisotopic (exact) mass is 415 g/mol. The van der Waals surface area contributed by atoms with Crippen LogP contribution >= 0.6 is 0 Å². The fraction of sp³-hybridized carbons (Fsp3) is 0.409. The van der Waals surface area contributed by atoms with Gasteiger partial charge >= 0.3 is 0 Å². The third-order valence-corrected chi connectivity index (χ3v) is 6.78. The van der Waals surface area contributed by atoms with E-state index >= 15 is 0 Å². The van der Waals surface area contributed by atoms with E-state index in [1.165, 1.54) is 25.7 Å². The van der Waals surface area contributed by atoms with Crippen LogP contribution in [0.3, 0.4) is 0 Å². The lowest BCUT2D eigenvalue weighted by atomic mass is 9.98. The van der Waals surface area contributed by atoms with E-state index in [1.54, 1.807) is 4.68 Å². The largest absolute Gasteiger partial charge is 0.355 e. The van der Waals surface area contributed by atoms with Crippen LogP contribution in [0.1, 0.15) is 25.7 Å². The molecule has 0 radical (unpaired) electrons. The minimum absolute atomic E-state index is 0.518. The number of rotatable bonds is 4. The Balaban J connectivity index is 1.30. The van der Waals surface area contributed by atoms with Gasteiger partial charge in [-0.3, -0.25) is 9.78 Å². The van der Waals surface area contributed by atoms with Gasteiger partial charge in [0, 0.05) is 48.7 Å². The number of aryl methyl sites for hydroxylation is 1. The SMILES string of the molecule is CN(c1ccc(-c2ccc(-c3cn(C)nn3)c3cn[nH]c23)nn1)[C@@H]1C[C@H]2CC[C@@H](C1)N2. The number of anilines is 1. The lowest BCUT2D eigenvalue weighted by molar-refractivity contribution is 0.353. The molecule has 2 N–H and O–H groups in total. The summed E-state index contributed by atoms with van der Waals surface area (Å²) < 4.78 is 1.70. The number of hydrogen-bond acceptors (Lipinski definition) is 7. The fourth-order valence-corrected chi connectivity index (χ4v) is 5.13. The molecule has 3 atom stereocenters. The predicted octanol–water partition coefficient (Wildman–Crippen LogP) is 2.53. The van der Waals surface area contributed by atoms with Crippen LogP contribution in [0.2, 0.25) is 0 Å². The van der Waals surface area contributed by atoms with Crippen molar-refractivity contribution in [2.24, 2.45) is 7.05 Å². The maximum absolute atomic E-state index is 4.57. The molecule has 2 saturated heterocycles. The number of piperidine rings is 1. The van der Waals surface area contributed by atoms with Crippen molar-refractivity contribution < 1.29 is 0 Å². The van der Waals surface area contributed by atoms with E-state index in [0.29, 0.717) is 18.1 Å². The molecule has 3 aromatic heterocycles. The van der Waals surface area contributed by atoms with Gasteiger partial charge in [0.2, 0.25) is 0 Å². The van der Waals surface area contributed by atoms with Crippen molar-refractivity contribution in [1.29, 1.82) is 0 Å². The molecule has 9 heteroatoms. The summed E-state index contributed by atoms with van der Waals surface area (Å²) >= 11 is 0. The van der Waals surface area contributed by atoms with E-state index in [1.807, 2.05) is 37.6 Å². The van der Waals surface area contributed by atoms with Crippen LogP contribution in [0.25, 0.3) is 33.4 Å². The highest BCUT2D eigenvalue weighted by molar-refractivity contribution is 6.01. The molecule has 4 aromatic rings. The molecule has 2 aliphatic rings. The van der Waals surface area contributed by atoms with E-state index in [9.17, 15) is 0 Å². The summed E-state index contributed by atoms with van der Waals surface area (Å²) in [5, 5.41) is 29.5. The third-order valence-electron chi connectivity index (χ3n) is 6.78. The van der Waals surface area contributed by atoms with Crippen LogP contribution in [0.4, 0.5) is 5.82 Å². The van der Waals surface area contributed by atoms with E-state index < -0.39 is 0 Å². The number of nitrogens with zero attached hydrogens (tertiary/aromatic N) is 7. The van der Waals surface area contributed by atoms with Gasteiger partial charge in [0.1, 0.15) is 5.69 Å². The maximum Gasteiger partial charge on any atom is 0.151 e. The van der Waals surface area contributed by atoms with Crippen molar-refractivity contribution in [3.63, 3.8) is 0 Å². The summed E-state index contributed by atoms with van der Waals surface area (Å²) in [5.41, 5.74) is 4.53. The van der Waals surface area contributed by atoms with Gasteiger partial charge in [-0.15, -0.1) is 15.3 Å². The zero-order valence-electron chi connectivity index (χ0n) is 17.7. The molecule has 0 spiro atoms. The van der Waals surface area contributed by atoms with Gasteiger partial charge < -0.3 is 10.2 Å². The van der Waals surface area contributed by atoms with Gasteiger partial charge in [-0.25, -0.2) is 0 Å². The van der Waals surface area contributed by atoms with Crippen molar-refractivity contribution in [3.05, 3.63) is 36.7 Å². The Kier molecular flexibility index (Phi) is 4.24. The first-order chi connectivity index (χ1) is 15.2. The number of hydrogen-bond donors (Lipinski definition) is 2. The summed E-state index contributed by atoms with van der Waals surface area (Å²) in [5.74, 6) is 0.923. The first-order valence-corrected chi connectivity index (χ1v) is 10.8. The molecule has 6 rings (SSSR count). The summed E-state index contributed by atoms with van der Waals surface area (Å²) in [6.07, 6.45) is 8.67. The smallest absolute Gasteiger partial charge is 0.151 e. The zero-order chi connectivity index (χ0) is 20.9.